The Kier molecular flexibility index (Phi) is 3.61. The highest BCUT2D eigenvalue weighted by Gasteiger charge is 2.49. The lowest BCUT2D eigenvalue weighted by Gasteiger charge is -2.42. The molecular weight excluding hydrogens is 238 g/mol. The van der Waals surface area contributed by atoms with Crippen molar-refractivity contribution in [3.8, 4) is 0 Å². The van der Waals surface area contributed by atoms with Crippen molar-refractivity contribution in [3.05, 3.63) is 35.9 Å². The fourth-order valence-electron chi connectivity index (χ4n) is 3.73. The summed E-state index contributed by atoms with van der Waals surface area (Å²) in [7, 11) is 0. The summed E-state index contributed by atoms with van der Waals surface area (Å²) in [5.41, 5.74) is 1.31. The van der Waals surface area contributed by atoms with E-state index in [4.69, 9.17) is 4.74 Å². The monoisotopic (exact) mass is 261 g/mol. The van der Waals surface area contributed by atoms with Crippen molar-refractivity contribution in [2.75, 3.05) is 19.7 Å². The van der Waals surface area contributed by atoms with Crippen molar-refractivity contribution in [1.29, 1.82) is 0 Å². The van der Waals surface area contributed by atoms with Crippen LogP contribution < -0.4 is 0 Å². The van der Waals surface area contributed by atoms with Crippen LogP contribution >= 0.6 is 0 Å². The highest BCUT2D eigenvalue weighted by molar-refractivity contribution is 5.15. The van der Waals surface area contributed by atoms with Crippen LogP contribution in [0.15, 0.2) is 30.3 Å². The van der Waals surface area contributed by atoms with Gasteiger partial charge in [-0.15, -0.1) is 0 Å². The second-order valence-corrected chi connectivity index (χ2v) is 6.14. The fraction of sp³-hybridized carbons (Fsp3) is 0.625. The number of likely N-dealkylation sites (tertiary alicyclic amines) is 1. The first kappa shape index (κ1) is 13.1. The van der Waals surface area contributed by atoms with Crippen molar-refractivity contribution < 1.29 is 9.84 Å². The van der Waals surface area contributed by atoms with E-state index in [-0.39, 0.29) is 24.2 Å². The molecule has 0 amide bonds. The minimum absolute atomic E-state index is 0.0353. The van der Waals surface area contributed by atoms with Crippen molar-refractivity contribution >= 4 is 0 Å². The zero-order chi connectivity index (χ0) is 13.3. The molecule has 2 saturated heterocycles. The van der Waals surface area contributed by atoms with E-state index in [1.165, 1.54) is 5.56 Å². The molecule has 0 aliphatic carbocycles. The molecular formula is C16H23NO2. The Balaban J connectivity index is 1.70. The van der Waals surface area contributed by atoms with Gasteiger partial charge in [-0.05, 0) is 25.3 Å². The Morgan fingerprint density at radius 1 is 1.37 bits per heavy atom. The third-order valence-corrected chi connectivity index (χ3v) is 4.58. The smallest absolute Gasteiger partial charge is 0.0682 e. The van der Waals surface area contributed by atoms with Crippen LogP contribution in [0.4, 0.5) is 0 Å². The highest BCUT2D eigenvalue weighted by atomic mass is 16.5. The van der Waals surface area contributed by atoms with E-state index >= 15 is 0 Å². The number of fused-ring (bicyclic) bond motifs is 1. The van der Waals surface area contributed by atoms with E-state index in [9.17, 15) is 5.11 Å². The molecule has 1 aromatic carbocycles. The maximum absolute atomic E-state index is 9.85. The van der Waals surface area contributed by atoms with E-state index in [1.54, 1.807) is 0 Å². The van der Waals surface area contributed by atoms with E-state index in [0.717, 1.165) is 32.5 Å². The summed E-state index contributed by atoms with van der Waals surface area (Å²) >= 11 is 0. The Morgan fingerprint density at radius 2 is 2.16 bits per heavy atom. The third-order valence-electron chi connectivity index (χ3n) is 4.58. The molecule has 2 fully saturated rings. The van der Waals surface area contributed by atoms with Crippen molar-refractivity contribution in [3.63, 3.8) is 0 Å². The van der Waals surface area contributed by atoms with Crippen LogP contribution in [0, 0.1) is 5.41 Å². The Morgan fingerprint density at radius 3 is 2.89 bits per heavy atom. The zero-order valence-electron chi connectivity index (χ0n) is 11.6. The third kappa shape index (κ3) is 2.55. The fourth-order valence-corrected chi connectivity index (χ4v) is 3.73. The number of hydrogen-bond donors (Lipinski definition) is 1. The number of rotatable bonds is 3. The van der Waals surface area contributed by atoms with Crippen molar-refractivity contribution in [2.45, 2.75) is 38.5 Å². The Labute approximate surface area is 115 Å². The maximum Gasteiger partial charge on any atom is 0.0682 e. The lowest BCUT2D eigenvalue weighted by Crippen LogP contribution is -2.51. The predicted molar refractivity (Wildman–Crippen MR) is 74.8 cm³/mol. The Hall–Kier alpha value is -0.900. The van der Waals surface area contributed by atoms with Crippen LogP contribution in [0.5, 0.6) is 0 Å². The lowest BCUT2D eigenvalue weighted by atomic mass is 9.76. The van der Waals surface area contributed by atoms with Crippen LogP contribution in [0.2, 0.25) is 0 Å². The molecule has 3 rings (SSSR count). The summed E-state index contributed by atoms with van der Waals surface area (Å²) in [4.78, 5) is 2.46. The first-order chi connectivity index (χ1) is 9.22. The van der Waals surface area contributed by atoms with Gasteiger partial charge in [0.25, 0.3) is 0 Å². The molecule has 2 heterocycles. The van der Waals surface area contributed by atoms with Gasteiger partial charge in [-0.3, -0.25) is 4.90 Å². The molecule has 3 nitrogen and oxygen atoms in total. The van der Waals surface area contributed by atoms with Gasteiger partial charge in [0.2, 0.25) is 0 Å². The van der Waals surface area contributed by atoms with Crippen LogP contribution in [0.25, 0.3) is 0 Å². The molecule has 2 aliphatic heterocycles. The molecule has 0 spiro atoms. The molecule has 0 aromatic heterocycles. The number of benzene rings is 1. The van der Waals surface area contributed by atoms with Crippen molar-refractivity contribution in [1.82, 2.24) is 4.90 Å². The van der Waals surface area contributed by atoms with E-state index in [0.29, 0.717) is 0 Å². The summed E-state index contributed by atoms with van der Waals surface area (Å²) in [6.07, 6.45) is 2.56. The van der Waals surface area contributed by atoms with Gasteiger partial charge in [-0.1, -0.05) is 30.3 Å². The number of aliphatic hydroxyl groups is 1. The second-order valence-electron chi connectivity index (χ2n) is 6.14. The summed E-state index contributed by atoms with van der Waals surface area (Å²) < 4.78 is 5.97. The standard InChI is InChI=1S/C16H23NO2/c1-13-9-16(12-18)11-17(8-7-15(16)19-13)10-14-5-3-2-4-6-14/h2-6,13,15,18H,7-12H2,1H3/t13-,15+,16-/m1/s1. The van der Waals surface area contributed by atoms with Gasteiger partial charge < -0.3 is 9.84 Å². The molecule has 1 N–H and O–H groups in total. The van der Waals surface area contributed by atoms with Crippen LogP contribution in [0.1, 0.15) is 25.3 Å². The van der Waals surface area contributed by atoms with Gasteiger partial charge >= 0.3 is 0 Å². The van der Waals surface area contributed by atoms with E-state index in [2.05, 4.69) is 42.2 Å². The number of ether oxygens (including phenoxy) is 1. The highest BCUT2D eigenvalue weighted by Crippen LogP contribution is 2.43. The Bertz CT molecular complexity index is 422. The van der Waals surface area contributed by atoms with Crippen molar-refractivity contribution in [2.24, 2.45) is 5.41 Å². The van der Waals surface area contributed by atoms with E-state index < -0.39 is 0 Å². The summed E-state index contributed by atoms with van der Waals surface area (Å²) in [5, 5.41) is 9.85. The number of aliphatic hydroxyl groups excluding tert-OH is 1. The summed E-state index contributed by atoms with van der Waals surface area (Å²) in [6, 6.07) is 10.6. The van der Waals surface area contributed by atoms with Gasteiger partial charge in [-0.25, -0.2) is 0 Å². The van der Waals surface area contributed by atoms with Gasteiger partial charge in [0, 0.05) is 25.0 Å². The zero-order valence-corrected chi connectivity index (χ0v) is 11.6. The molecule has 3 atom stereocenters. The maximum atomic E-state index is 9.85. The lowest BCUT2D eigenvalue weighted by molar-refractivity contribution is -0.0558. The number of nitrogens with zero attached hydrogens (tertiary/aromatic N) is 1. The molecule has 1 aromatic rings. The second kappa shape index (κ2) is 5.23. The molecule has 3 heteroatoms. The SMILES string of the molecule is C[C@@H]1C[C@]2(CO)CN(Cc3ccccc3)CC[C@@H]2O1. The van der Waals surface area contributed by atoms with Gasteiger partial charge in [0.1, 0.15) is 0 Å². The predicted octanol–water partition coefficient (Wildman–Crippen LogP) is 2.05. The quantitative estimate of drug-likeness (QED) is 0.904. The summed E-state index contributed by atoms with van der Waals surface area (Å²) in [6.45, 7) is 5.36. The minimum Gasteiger partial charge on any atom is -0.396 e. The average Bonchev–Trinajstić information content (AvgIpc) is 2.76. The number of hydrogen-bond acceptors (Lipinski definition) is 3. The number of piperidine rings is 1. The first-order valence-corrected chi connectivity index (χ1v) is 7.24. The topological polar surface area (TPSA) is 32.7 Å². The molecule has 2 aliphatic rings. The molecule has 0 saturated carbocycles. The van der Waals surface area contributed by atoms with Crippen LogP contribution in [-0.4, -0.2) is 41.9 Å². The van der Waals surface area contributed by atoms with Crippen LogP contribution in [-0.2, 0) is 11.3 Å². The molecule has 104 valence electrons. The first-order valence-electron chi connectivity index (χ1n) is 7.24. The minimum atomic E-state index is -0.0353. The van der Waals surface area contributed by atoms with Gasteiger partial charge in [-0.2, -0.15) is 0 Å². The molecule has 0 bridgehead atoms. The van der Waals surface area contributed by atoms with Gasteiger partial charge in [0.05, 0.1) is 18.8 Å². The summed E-state index contributed by atoms with van der Waals surface area (Å²) in [5.74, 6) is 0. The van der Waals surface area contributed by atoms with E-state index in [1.807, 2.05) is 0 Å². The molecule has 0 unspecified atom stereocenters. The van der Waals surface area contributed by atoms with Crippen LogP contribution in [0.3, 0.4) is 0 Å². The largest absolute Gasteiger partial charge is 0.396 e. The molecule has 0 radical (unpaired) electrons. The normalized spacial score (nSPS) is 35.3. The molecule has 19 heavy (non-hydrogen) atoms. The average molecular weight is 261 g/mol. The van der Waals surface area contributed by atoms with Gasteiger partial charge in [0.15, 0.2) is 0 Å².